The lowest BCUT2D eigenvalue weighted by Gasteiger charge is -2.14. The Morgan fingerprint density at radius 1 is 1.30 bits per heavy atom. The second kappa shape index (κ2) is 6.22. The first-order valence-electron chi connectivity index (χ1n) is 8.36. The largest absolute Gasteiger partial charge is 0.416 e. The van der Waals surface area contributed by atoms with E-state index in [0.29, 0.717) is 0 Å². The van der Waals surface area contributed by atoms with Gasteiger partial charge in [0, 0.05) is 5.56 Å². The molecule has 0 radical (unpaired) electrons. The lowest BCUT2D eigenvalue weighted by atomic mass is 10.1. The fourth-order valence-electron chi connectivity index (χ4n) is 3.44. The predicted octanol–water partition coefficient (Wildman–Crippen LogP) is 4.34. The number of amides is 1. The highest BCUT2D eigenvalue weighted by Gasteiger charge is 2.32. The zero-order chi connectivity index (χ0) is 19.2. The molecular formula is C19H15F3N4O. The van der Waals surface area contributed by atoms with Gasteiger partial charge in [-0.25, -0.2) is 4.79 Å². The quantitative estimate of drug-likeness (QED) is 0.728. The monoisotopic (exact) mass is 372 g/mol. The summed E-state index contributed by atoms with van der Waals surface area (Å²) in [4.78, 5) is 12.7. The highest BCUT2D eigenvalue weighted by atomic mass is 19.4. The Hall–Kier alpha value is -3.16. The van der Waals surface area contributed by atoms with Crippen LogP contribution in [0.1, 0.15) is 34.7 Å². The number of alkyl halides is 3. The molecular weight excluding hydrogens is 357 g/mol. The molecule has 1 aromatic heterocycles. The first kappa shape index (κ1) is 17.3. The van der Waals surface area contributed by atoms with Crippen LogP contribution in [0.25, 0.3) is 17.1 Å². The van der Waals surface area contributed by atoms with Gasteiger partial charge >= 0.3 is 12.2 Å². The van der Waals surface area contributed by atoms with Crippen LogP contribution in [-0.2, 0) is 12.6 Å². The Morgan fingerprint density at radius 2 is 2.07 bits per heavy atom. The molecule has 8 heteroatoms. The molecule has 0 saturated carbocycles. The van der Waals surface area contributed by atoms with Crippen LogP contribution in [0.4, 0.5) is 18.0 Å². The van der Waals surface area contributed by atoms with E-state index in [0.717, 1.165) is 40.8 Å². The van der Waals surface area contributed by atoms with Crippen LogP contribution in [0.5, 0.6) is 0 Å². The molecule has 1 N–H and O–H groups in total. The molecule has 0 spiro atoms. The van der Waals surface area contributed by atoms with Gasteiger partial charge in [0.1, 0.15) is 11.0 Å². The van der Waals surface area contributed by atoms with Gasteiger partial charge in [0.15, 0.2) is 0 Å². The normalized spacial score (nSPS) is 16.3. The molecule has 3 aromatic rings. The summed E-state index contributed by atoms with van der Waals surface area (Å²) in [5.74, 6) is 0. The second-order valence-corrected chi connectivity index (χ2v) is 6.38. The van der Waals surface area contributed by atoms with Crippen molar-refractivity contribution in [3.63, 3.8) is 0 Å². The number of nitrogens with one attached hydrogen (secondary N) is 1. The lowest BCUT2D eigenvalue weighted by molar-refractivity contribution is -0.137. The molecule has 4 rings (SSSR count). The molecule has 2 aromatic carbocycles. The summed E-state index contributed by atoms with van der Waals surface area (Å²) in [7, 11) is 0. The summed E-state index contributed by atoms with van der Waals surface area (Å²) >= 11 is 0. The van der Waals surface area contributed by atoms with E-state index in [4.69, 9.17) is 0 Å². The van der Waals surface area contributed by atoms with E-state index < -0.39 is 17.8 Å². The third-order valence-electron chi connectivity index (χ3n) is 4.75. The smallest absolute Gasteiger partial charge is 0.329 e. The third kappa shape index (κ3) is 2.97. The molecule has 0 fully saturated rings. The number of fused-ring (bicyclic) bond motifs is 2. The van der Waals surface area contributed by atoms with Crippen LogP contribution in [0.15, 0.2) is 43.0 Å². The third-order valence-corrected chi connectivity index (χ3v) is 4.75. The molecule has 138 valence electrons. The maximum atomic E-state index is 13.2. The number of nitrogens with zero attached hydrogens (tertiary/aromatic N) is 3. The molecule has 0 bridgehead atoms. The van der Waals surface area contributed by atoms with Crippen molar-refractivity contribution in [1.82, 2.24) is 20.3 Å². The minimum absolute atomic E-state index is 0.0106. The Morgan fingerprint density at radius 3 is 2.81 bits per heavy atom. The van der Waals surface area contributed by atoms with Crippen molar-refractivity contribution in [2.24, 2.45) is 0 Å². The summed E-state index contributed by atoms with van der Waals surface area (Å²) in [5.41, 5.74) is 1.64. The highest BCUT2D eigenvalue weighted by molar-refractivity contribution is 5.92. The van der Waals surface area contributed by atoms with Gasteiger partial charge in [-0.05, 0) is 36.1 Å². The molecule has 1 unspecified atom stereocenters. The average Bonchev–Trinajstić information content (AvgIpc) is 3.24. The zero-order valence-corrected chi connectivity index (χ0v) is 14.1. The van der Waals surface area contributed by atoms with Gasteiger partial charge in [-0.1, -0.05) is 42.1 Å². The van der Waals surface area contributed by atoms with E-state index in [2.05, 4.69) is 22.2 Å². The number of benzene rings is 2. The van der Waals surface area contributed by atoms with E-state index in [1.54, 1.807) is 0 Å². The summed E-state index contributed by atoms with van der Waals surface area (Å²) in [5, 5.41) is 10.5. The van der Waals surface area contributed by atoms with Crippen LogP contribution < -0.4 is 5.32 Å². The van der Waals surface area contributed by atoms with Crippen molar-refractivity contribution in [2.75, 3.05) is 0 Å². The van der Waals surface area contributed by atoms with Crippen LogP contribution in [0, 0.1) is 0 Å². The van der Waals surface area contributed by atoms with E-state index in [1.807, 2.05) is 24.3 Å². The molecule has 5 nitrogen and oxygen atoms in total. The molecule has 1 amide bonds. The van der Waals surface area contributed by atoms with Gasteiger partial charge in [-0.15, -0.1) is 5.10 Å². The molecule has 1 atom stereocenters. The molecule has 0 saturated heterocycles. The van der Waals surface area contributed by atoms with Crippen molar-refractivity contribution in [1.29, 1.82) is 0 Å². The van der Waals surface area contributed by atoms with Gasteiger partial charge in [0.25, 0.3) is 0 Å². The standard InChI is InChI=1S/C19H15F3N4O/c1-2-11-9-13(19(20,21)22)10-16-17(11)24-25-26(16)18(27)23-15-8-7-12-5-3-4-6-14(12)15/h2-6,9-10,15H,1,7-8H2,(H,23,27). The minimum atomic E-state index is -4.55. The van der Waals surface area contributed by atoms with E-state index in [-0.39, 0.29) is 22.6 Å². The summed E-state index contributed by atoms with van der Waals surface area (Å²) in [6.45, 7) is 3.52. The predicted molar refractivity (Wildman–Crippen MR) is 94.1 cm³/mol. The Labute approximate surface area is 152 Å². The SMILES string of the molecule is C=Cc1cc(C(F)(F)F)cc2c1nnn2C(=O)NC1CCc2ccccc21. The first-order chi connectivity index (χ1) is 12.9. The number of carbonyl (C=O) groups excluding carboxylic acids is 1. The van der Waals surface area contributed by atoms with Crippen molar-refractivity contribution >= 4 is 23.1 Å². The van der Waals surface area contributed by atoms with Gasteiger partial charge in [-0.3, -0.25) is 0 Å². The number of carbonyl (C=O) groups is 1. The van der Waals surface area contributed by atoms with Crippen molar-refractivity contribution < 1.29 is 18.0 Å². The summed E-state index contributed by atoms with van der Waals surface area (Å²) in [6, 6.07) is 8.75. The van der Waals surface area contributed by atoms with E-state index in [9.17, 15) is 18.0 Å². The lowest BCUT2D eigenvalue weighted by Crippen LogP contribution is -2.32. The fourth-order valence-corrected chi connectivity index (χ4v) is 3.44. The van der Waals surface area contributed by atoms with E-state index in [1.165, 1.54) is 6.08 Å². The average molecular weight is 372 g/mol. The number of hydrogen-bond acceptors (Lipinski definition) is 3. The van der Waals surface area contributed by atoms with Gasteiger partial charge in [0.2, 0.25) is 0 Å². The minimum Gasteiger partial charge on any atom is -0.329 e. The summed E-state index contributed by atoms with van der Waals surface area (Å²) in [6.07, 6.45) is -1.73. The molecule has 0 aliphatic heterocycles. The molecule has 1 aliphatic carbocycles. The van der Waals surface area contributed by atoms with Crippen LogP contribution >= 0.6 is 0 Å². The zero-order valence-electron chi connectivity index (χ0n) is 14.1. The highest BCUT2D eigenvalue weighted by Crippen LogP contribution is 2.34. The number of hydrogen-bond donors (Lipinski definition) is 1. The van der Waals surface area contributed by atoms with Gasteiger partial charge in [0.05, 0.1) is 11.6 Å². The van der Waals surface area contributed by atoms with Crippen molar-refractivity contribution in [3.05, 3.63) is 65.2 Å². The molecule has 1 aliphatic rings. The van der Waals surface area contributed by atoms with E-state index >= 15 is 0 Å². The van der Waals surface area contributed by atoms with Crippen LogP contribution in [0.3, 0.4) is 0 Å². The topological polar surface area (TPSA) is 59.8 Å². The molecule has 1 heterocycles. The maximum Gasteiger partial charge on any atom is 0.416 e. The van der Waals surface area contributed by atoms with Crippen molar-refractivity contribution in [3.8, 4) is 0 Å². The van der Waals surface area contributed by atoms with Crippen molar-refractivity contribution in [2.45, 2.75) is 25.1 Å². The van der Waals surface area contributed by atoms with Gasteiger partial charge in [-0.2, -0.15) is 17.9 Å². The van der Waals surface area contributed by atoms with Gasteiger partial charge < -0.3 is 5.32 Å². The first-order valence-corrected chi connectivity index (χ1v) is 8.36. The number of aromatic nitrogens is 3. The number of halogens is 3. The Bertz CT molecular complexity index is 1050. The van der Waals surface area contributed by atoms with Crippen LogP contribution in [-0.4, -0.2) is 21.0 Å². The Kier molecular flexibility index (Phi) is 3.98. The summed E-state index contributed by atoms with van der Waals surface area (Å²) < 4.78 is 40.4. The number of aryl methyl sites for hydroxylation is 1. The fraction of sp³-hybridized carbons (Fsp3) is 0.211. The van der Waals surface area contributed by atoms with Crippen LogP contribution in [0.2, 0.25) is 0 Å². The Balaban J connectivity index is 1.71. The maximum absolute atomic E-state index is 13.2. The molecule has 27 heavy (non-hydrogen) atoms. The number of rotatable bonds is 2. The second-order valence-electron chi connectivity index (χ2n) is 6.38.